The van der Waals surface area contributed by atoms with E-state index in [0.717, 1.165) is 23.4 Å². The zero-order valence-electron chi connectivity index (χ0n) is 13.2. The van der Waals surface area contributed by atoms with Gasteiger partial charge in [-0.25, -0.2) is 8.78 Å². The van der Waals surface area contributed by atoms with Gasteiger partial charge in [-0.2, -0.15) is 0 Å². The number of nitrogens with one attached hydrogen (secondary N) is 2. The Kier molecular flexibility index (Phi) is 5.68. The van der Waals surface area contributed by atoms with E-state index in [4.69, 9.17) is 0 Å². The van der Waals surface area contributed by atoms with E-state index < -0.39 is 23.2 Å². The zero-order chi connectivity index (χ0) is 16.8. The van der Waals surface area contributed by atoms with Crippen molar-refractivity contribution < 1.29 is 13.6 Å². The summed E-state index contributed by atoms with van der Waals surface area (Å²) in [6, 6.07) is 11.3. The molecule has 0 fully saturated rings. The van der Waals surface area contributed by atoms with Crippen molar-refractivity contribution in [3.8, 4) is 0 Å². The van der Waals surface area contributed by atoms with E-state index >= 15 is 0 Å². The Morgan fingerprint density at radius 3 is 2.35 bits per heavy atom. The summed E-state index contributed by atoms with van der Waals surface area (Å²) in [5.41, 5.74) is 1.72. The average Bonchev–Trinajstić information content (AvgIpc) is 2.51. The van der Waals surface area contributed by atoms with Gasteiger partial charge in [0.1, 0.15) is 17.3 Å². The van der Waals surface area contributed by atoms with Crippen LogP contribution in [0.1, 0.15) is 31.7 Å². The number of hydrogen-bond acceptors (Lipinski definition) is 2. The smallest absolute Gasteiger partial charge is 0.226 e. The third-order valence-corrected chi connectivity index (χ3v) is 3.48. The van der Waals surface area contributed by atoms with Crippen LogP contribution >= 0.6 is 0 Å². The minimum atomic E-state index is -0.781. The van der Waals surface area contributed by atoms with Crippen LogP contribution in [-0.4, -0.2) is 12.5 Å². The molecular formula is C18H20F2N2O. The third kappa shape index (κ3) is 4.52. The second kappa shape index (κ2) is 7.72. The first-order chi connectivity index (χ1) is 11.0. The van der Waals surface area contributed by atoms with Gasteiger partial charge >= 0.3 is 0 Å². The molecule has 0 spiro atoms. The fourth-order valence-electron chi connectivity index (χ4n) is 2.29. The van der Waals surface area contributed by atoms with Crippen LogP contribution in [0.2, 0.25) is 0 Å². The first-order valence-electron chi connectivity index (χ1n) is 7.55. The summed E-state index contributed by atoms with van der Waals surface area (Å²) in [7, 11) is 0. The van der Waals surface area contributed by atoms with Crippen molar-refractivity contribution in [2.24, 2.45) is 0 Å². The van der Waals surface area contributed by atoms with Crippen LogP contribution in [0.4, 0.5) is 20.2 Å². The Labute approximate surface area is 134 Å². The lowest BCUT2D eigenvalue weighted by Gasteiger charge is -2.14. The first kappa shape index (κ1) is 16.9. The number of carbonyl (C=O) groups is 1. The molecule has 0 bridgehead atoms. The van der Waals surface area contributed by atoms with Gasteiger partial charge in [0.05, 0.1) is 0 Å². The lowest BCUT2D eigenvalue weighted by atomic mass is 10.0. The number of amides is 1. The largest absolute Gasteiger partial charge is 0.384 e. The molecule has 2 aromatic carbocycles. The van der Waals surface area contributed by atoms with Crippen LogP contribution in [0.25, 0.3) is 0 Å². The van der Waals surface area contributed by atoms with Crippen molar-refractivity contribution in [3.63, 3.8) is 0 Å². The zero-order valence-corrected chi connectivity index (χ0v) is 13.2. The minimum absolute atomic E-state index is 0.111. The normalized spacial score (nSPS) is 10.7. The first-order valence-corrected chi connectivity index (χ1v) is 7.55. The number of rotatable bonds is 6. The van der Waals surface area contributed by atoms with Gasteiger partial charge in [0.25, 0.3) is 0 Å². The molecule has 0 aliphatic carbocycles. The predicted octanol–water partition coefficient (Wildman–Crippen LogP) is 4.53. The Morgan fingerprint density at radius 1 is 1.04 bits per heavy atom. The number of anilines is 2. The minimum Gasteiger partial charge on any atom is -0.384 e. The topological polar surface area (TPSA) is 41.1 Å². The summed E-state index contributed by atoms with van der Waals surface area (Å²) in [6.45, 7) is 4.56. The number of para-hydroxylation sites is 2. The highest BCUT2D eigenvalue weighted by atomic mass is 19.1. The molecule has 1 amide bonds. The Morgan fingerprint density at radius 2 is 1.70 bits per heavy atom. The number of benzene rings is 2. The maximum atomic E-state index is 13.5. The summed E-state index contributed by atoms with van der Waals surface area (Å²) >= 11 is 0. The van der Waals surface area contributed by atoms with Crippen LogP contribution in [0, 0.1) is 11.6 Å². The van der Waals surface area contributed by atoms with Gasteiger partial charge in [0, 0.05) is 18.7 Å². The van der Waals surface area contributed by atoms with E-state index in [2.05, 4.69) is 24.5 Å². The molecule has 5 heteroatoms. The number of carbonyl (C=O) groups excluding carboxylic acids is 1. The van der Waals surface area contributed by atoms with E-state index in [0.29, 0.717) is 12.5 Å². The highest BCUT2D eigenvalue weighted by Crippen LogP contribution is 2.23. The Hall–Kier alpha value is -2.43. The molecule has 0 radical (unpaired) electrons. The van der Waals surface area contributed by atoms with Crippen LogP contribution in [0.3, 0.4) is 0 Å². The highest BCUT2D eigenvalue weighted by Gasteiger charge is 2.12. The number of halogens is 2. The molecule has 0 heterocycles. The van der Waals surface area contributed by atoms with Gasteiger partial charge in [-0.3, -0.25) is 4.79 Å². The summed E-state index contributed by atoms with van der Waals surface area (Å²) < 4.78 is 26.9. The van der Waals surface area contributed by atoms with Gasteiger partial charge < -0.3 is 10.6 Å². The van der Waals surface area contributed by atoms with Crippen molar-refractivity contribution in [3.05, 3.63) is 59.7 Å². The van der Waals surface area contributed by atoms with E-state index in [-0.39, 0.29) is 6.42 Å². The maximum Gasteiger partial charge on any atom is 0.226 e. The molecule has 0 aromatic heterocycles. The standard InChI is InChI=1S/C18H20F2N2O/c1-12(2)13-6-3-4-9-16(13)21-11-10-17(23)22-18-14(19)7-5-8-15(18)20/h3-9,12,21H,10-11H2,1-2H3,(H,22,23). The lowest BCUT2D eigenvalue weighted by Crippen LogP contribution is -2.18. The summed E-state index contributed by atoms with van der Waals surface area (Å²) in [4.78, 5) is 11.8. The fraction of sp³-hybridized carbons (Fsp3) is 0.278. The molecule has 0 atom stereocenters. The Bertz CT molecular complexity index is 666. The van der Waals surface area contributed by atoms with Crippen molar-refractivity contribution in [2.75, 3.05) is 17.2 Å². The third-order valence-electron chi connectivity index (χ3n) is 3.48. The molecule has 2 N–H and O–H groups in total. The van der Waals surface area contributed by atoms with Crippen LogP contribution < -0.4 is 10.6 Å². The van der Waals surface area contributed by atoms with Crippen LogP contribution in [0.5, 0.6) is 0 Å². The van der Waals surface area contributed by atoms with Gasteiger partial charge in [0.15, 0.2) is 0 Å². The highest BCUT2D eigenvalue weighted by molar-refractivity contribution is 5.91. The molecule has 3 nitrogen and oxygen atoms in total. The maximum absolute atomic E-state index is 13.5. The van der Waals surface area contributed by atoms with Crippen LogP contribution in [0.15, 0.2) is 42.5 Å². The van der Waals surface area contributed by atoms with Gasteiger partial charge in [-0.05, 0) is 29.7 Å². The Balaban J connectivity index is 1.91. The van der Waals surface area contributed by atoms with Gasteiger partial charge in [-0.15, -0.1) is 0 Å². The molecule has 0 aliphatic heterocycles. The fourth-order valence-corrected chi connectivity index (χ4v) is 2.29. The second-order valence-corrected chi connectivity index (χ2v) is 5.56. The molecule has 23 heavy (non-hydrogen) atoms. The van der Waals surface area contributed by atoms with Crippen LogP contribution in [-0.2, 0) is 4.79 Å². The molecule has 2 aromatic rings. The van der Waals surface area contributed by atoms with E-state index in [1.807, 2.05) is 24.3 Å². The monoisotopic (exact) mass is 318 g/mol. The van der Waals surface area contributed by atoms with Crippen molar-refractivity contribution in [1.29, 1.82) is 0 Å². The molecule has 0 saturated carbocycles. The second-order valence-electron chi connectivity index (χ2n) is 5.56. The molecule has 0 saturated heterocycles. The predicted molar refractivity (Wildman–Crippen MR) is 88.6 cm³/mol. The van der Waals surface area contributed by atoms with Crippen molar-refractivity contribution >= 4 is 17.3 Å². The molecule has 0 aliphatic rings. The molecule has 2 rings (SSSR count). The van der Waals surface area contributed by atoms with E-state index in [1.165, 1.54) is 6.07 Å². The van der Waals surface area contributed by atoms with Gasteiger partial charge in [-0.1, -0.05) is 38.1 Å². The lowest BCUT2D eigenvalue weighted by molar-refractivity contribution is -0.116. The molecular weight excluding hydrogens is 298 g/mol. The average molecular weight is 318 g/mol. The van der Waals surface area contributed by atoms with Crippen molar-refractivity contribution in [2.45, 2.75) is 26.2 Å². The summed E-state index contributed by atoms with van der Waals surface area (Å²) in [5.74, 6) is -1.64. The SMILES string of the molecule is CC(C)c1ccccc1NCCC(=O)Nc1c(F)cccc1F. The van der Waals surface area contributed by atoms with Crippen molar-refractivity contribution in [1.82, 2.24) is 0 Å². The quantitative estimate of drug-likeness (QED) is 0.821. The molecule has 0 unspecified atom stereocenters. The number of hydrogen-bond donors (Lipinski definition) is 2. The van der Waals surface area contributed by atoms with Gasteiger partial charge in [0.2, 0.25) is 5.91 Å². The van der Waals surface area contributed by atoms with E-state index in [1.54, 1.807) is 0 Å². The van der Waals surface area contributed by atoms with E-state index in [9.17, 15) is 13.6 Å². The summed E-state index contributed by atoms with van der Waals surface area (Å²) in [6.07, 6.45) is 0.111. The molecule has 122 valence electrons. The summed E-state index contributed by atoms with van der Waals surface area (Å²) in [5, 5.41) is 5.47.